The third-order valence-corrected chi connectivity index (χ3v) is 3.52. The van der Waals surface area contributed by atoms with Crippen LogP contribution in [0.4, 0.5) is 11.4 Å². The summed E-state index contributed by atoms with van der Waals surface area (Å²) in [7, 11) is 0. The molecule has 3 N–H and O–H groups in total. The highest BCUT2D eigenvalue weighted by atomic mass is 32.1. The van der Waals surface area contributed by atoms with E-state index in [1.807, 2.05) is 30.5 Å². The zero-order valence-corrected chi connectivity index (χ0v) is 11.3. The molecule has 4 nitrogen and oxygen atoms in total. The number of thiazole rings is 1. The van der Waals surface area contributed by atoms with Crippen LogP contribution in [-0.4, -0.2) is 11.6 Å². The Balaban J connectivity index is 2.16. The van der Waals surface area contributed by atoms with Gasteiger partial charge in [0, 0.05) is 11.6 Å². The van der Waals surface area contributed by atoms with E-state index in [0.29, 0.717) is 18.0 Å². The van der Waals surface area contributed by atoms with E-state index in [0.717, 1.165) is 10.7 Å². The van der Waals surface area contributed by atoms with Gasteiger partial charge in [0.2, 0.25) is 0 Å². The molecule has 0 aliphatic heterocycles. The Bertz CT molecular complexity index is 499. The maximum absolute atomic E-state index is 6.07. The number of nitrogen functional groups attached to an aromatic ring is 1. The van der Waals surface area contributed by atoms with Gasteiger partial charge in [-0.05, 0) is 26.0 Å². The Morgan fingerprint density at radius 1 is 1.50 bits per heavy atom. The molecule has 18 heavy (non-hydrogen) atoms. The number of anilines is 2. The molecule has 2 aromatic rings. The zero-order chi connectivity index (χ0) is 13.0. The van der Waals surface area contributed by atoms with Gasteiger partial charge in [-0.3, -0.25) is 0 Å². The lowest BCUT2D eigenvalue weighted by Gasteiger charge is -2.16. The summed E-state index contributed by atoms with van der Waals surface area (Å²) in [4.78, 5) is 4.28. The summed E-state index contributed by atoms with van der Waals surface area (Å²) < 4.78 is 5.47. The molecular weight excluding hydrogens is 246 g/mol. The second kappa shape index (κ2) is 5.73. The fourth-order valence-corrected chi connectivity index (χ4v) is 2.34. The fraction of sp³-hybridized carbons (Fsp3) is 0.308. The molecule has 1 atom stereocenters. The lowest BCUT2D eigenvalue weighted by Crippen LogP contribution is -2.09. The number of ether oxygens (including phenoxy) is 1. The normalized spacial score (nSPS) is 12.1. The van der Waals surface area contributed by atoms with Crippen molar-refractivity contribution in [3.8, 4) is 5.75 Å². The summed E-state index contributed by atoms with van der Waals surface area (Å²) in [5, 5.41) is 6.36. The number of hydrogen-bond donors (Lipinski definition) is 2. The molecule has 1 heterocycles. The van der Waals surface area contributed by atoms with Crippen molar-refractivity contribution in [1.29, 1.82) is 0 Å². The van der Waals surface area contributed by atoms with Crippen LogP contribution in [0.15, 0.2) is 29.8 Å². The number of rotatable bonds is 5. The molecule has 0 radical (unpaired) electrons. The van der Waals surface area contributed by atoms with Crippen molar-refractivity contribution in [2.24, 2.45) is 0 Å². The van der Waals surface area contributed by atoms with Crippen molar-refractivity contribution in [1.82, 2.24) is 4.98 Å². The molecule has 0 saturated heterocycles. The second-order valence-electron chi connectivity index (χ2n) is 3.89. The van der Waals surface area contributed by atoms with Crippen LogP contribution in [0, 0.1) is 0 Å². The average Bonchev–Trinajstić information content (AvgIpc) is 2.88. The minimum atomic E-state index is 0.129. The van der Waals surface area contributed by atoms with Gasteiger partial charge in [-0.15, -0.1) is 11.3 Å². The lowest BCUT2D eigenvalue weighted by atomic mass is 10.2. The monoisotopic (exact) mass is 263 g/mol. The van der Waals surface area contributed by atoms with Gasteiger partial charge < -0.3 is 15.8 Å². The number of nitrogens with one attached hydrogen (secondary N) is 1. The van der Waals surface area contributed by atoms with Crippen LogP contribution in [0.25, 0.3) is 0 Å². The number of hydrogen-bond acceptors (Lipinski definition) is 5. The van der Waals surface area contributed by atoms with Gasteiger partial charge in [0.15, 0.2) is 0 Å². The van der Waals surface area contributed by atoms with E-state index < -0.39 is 0 Å². The Hall–Kier alpha value is -1.75. The number of nitrogens with two attached hydrogens (primary N) is 1. The number of para-hydroxylation sites is 1. The van der Waals surface area contributed by atoms with Crippen molar-refractivity contribution in [2.45, 2.75) is 19.9 Å². The molecule has 2 rings (SSSR count). The van der Waals surface area contributed by atoms with Gasteiger partial charge in [0.25, 0.3) is 0 Å². The third-order valence-electron chi connectivity index (χ3n) is 2.56. The smallest absolute Gasteiger partial charge is 0.144 e. The highest BCUT2D eigenvalue weighted by molar-refractivity contribution is 7.09. The van der Waals surface area contributed by atoms with Crippen LogP contribution >= 0.6 is 11.3 Å². The van der Waals surface area contributed by atoms with E-state index >= 15 is 0 Å². The van der Waals surface area contributed by atoms with Crippen LogP contribution in [0.1, 0.15) is 24.9 Å². The van der Waals surface area contributed by atoms with Gasteiger partial charge >= 0.3 is 0 Å². The SMILES string of the molecule is CCOc1cccc(NC(C)c2nccs2)c1N. The second-order valence-corrected chi connectivity index (χ2v) is 4.81. The predicted octanol–water partition coefficient (Wildman–Crippen LogP) is 3.30. The zero-order valence-electron chi connectivity index (χ0n) is 10.5. The topological polar surface area (TPSA) is 60.2 Å². The maximum Gasteiger partial charge on any atom is 0.144 e. The number of benzene rings is 1. The molecular formula is C13H17N3OS. The van der Waals surface area contributed by atoms with Gasteiger partial charge in [-0.2, -0.15) is 0 Å². The van der Waals surface area contributed by atoms with Crippen LogP contribution < -0.4 is 15.8 Å². The number of nitrogens with zero attached hydrogens (tertiary/aromatic N) is 1. The van der Waals surface area contributed by atoms with Gasteiger partial charge in [0.1, 0.15) is 10.8 Å². The molecule has 1 unspecified atom stereocenters. The van der Waals surface area contributed by atoms with E-state index in [4.69, 9.17) is 10.5 Å². The third kappa shape index (κ3) is 2.73. The van der Waals surface area contributed by atoms with Gasteiger partial charge in [-0.1, -0.05) is 6.07 Å². The summed E-state index contributed by atoms with van der Waals surface area (Å²) in [5.74, 6) is 0.717. The van der Waals surface area contributed by atoms with E-state index in [1.54, 1.807) is 17.5 Å². The quantitative estimate of drug-likeness (QED) is 0.813. The Labute approximate surface area is 111 Å². The van der Waals surface area contributed by atoms with Crippen LogP contribution in [0.2, 0.25) is 0 Å². The van der Waals surface area contributed by atoms with E-state index in [2.05, 4.69) is 17.2 Å². The summed E-state index contributed by atoms with van der Waals surface area (Å²) >= 11 is 1.62. The first-order valence-electron chi connectivity index (χ1n) is 5.89. The molecule has 0 aliphatic rings. The molecule has 1 aromatic heterocycles. The standard InChI is InChI=1S/C13H17N3OS/c1-3-17-11-6-4-5-10(12(11)14)16-9(2)13-15-7-8-18-13/h4-9,16H,3,14H2,1-2H3. The molecule has 0 bridgehead atoms. The number of aromatic nitrogens is 1. The highest BCUT2D eigenvalue weighted by Gasteiger charge is 2.11. The maximum atomic E-state index is 6.07. The highest BCUT2D eigenvalue weighted by Crippen LogP contribution is 2.32. The minimum Gasteiger partial charge on any atom is -0.492 e. The Morgan fingerprint density at radius 3 is 3.00 bits per heavy atom. The van der Waals surface area contributed by atoms with Crippen molar-refractivity contribution in [3.63, 3.8) is 0 Å². The first-order valence-corrected chi connectivity index (χ1v) is 6.77. The molecule has 0 aliphatic carbocycles. The Morgan fingerprint density at radius 2 is 2.33 bits per heavy atom. The summed E-state index contributed by atoms with van der Waals surface area (Å²) in [6.45, 7) is 4.61. The van der Waals surface area contributed by atoms with Gasteiger partial charge in [0.05, 0.1) is 24.0 Å². The Kier molecular flexibility index (Phi) is 4.04. The van der Waals surface area contributed by atoms with Crippen LogP contribution in [0.5, 0.6) is 5.75 Å². The molecule has 0 saturated carbocycles. The molecule has 0 spiro atoms. The minimum absolute atomic E-state index is 0.129. The molecule has 0 fully saturated rings. The molecule has 96 valence electrons. The molecule has 5 heteroatoms. The van der Waals surface area contributed by atoms with Crippen molar-refractivity contribution >= 4 is 22.7 Å². The summed E-state index contributed by atoms with van der Waals surface area (Å²) in [6.07, 6.45) is 1.80. The van der Waals surface area contributed by atoms with Gasteiger partial charge in [-0.25, -0.2) is 4.98 Å². The first kappa shape index (κ1) is 12.7. The van der Waals surface area contributed by atoms with E-state index in [9.17, 15) is 0 Å². The van der Waals surface area contributed by atoms with E-state index in [-0.39, 0.29) is 6.04 Å². The lowest BCUT2D eigenvalue weighted by molar-refractivity contribution is 0.342. The fourth-order valence-electron chi connectivity index (χ4n) is 1.69. The van der Waals surface area contributed by atoms with Crippen LogP contribution in [0.3, 0.4) is 0 Å². The van der Waals surface area contributed by atoms with Crippen LogP contribution in [-0.2, 0) is 0 Å². The van der Waals surface area contributed by atoms with Crippen molar-refractivity contribution in [3.05, 3.63) is 34.8 Å². The summed E-state index contributed by atoms with van der Waals surface area (Å²) in [5.41, 5.74) is 7.59. The largest absolute Gasteiger partial charge is 0.492 e. The average molecular weight is 263 g/mol. The molecule has 0 amide bonds. The summed E-state index contributed by atoms with van der Waals surface area (Å²) in [6, 6.07) is 5.88. The molecule has 1 aromatic carbocycles. The van der Waals surface area contributed by atoms with E-state index in [1.165, 1.54) is 0 Å². The van der Waals surface area contributed by atoms with Crippen molar-refractivity contribution < 1.29 is 4.74 Å². The predicted molar refractivity (Wildman–Crippen MR) is 76.2 cm³/mol. The first-order chi connectivity index (χ1) is 8.72. The van der Waals surface area contributed by atoms with Crippen molar-refractivity contribution in [2.75, 3.05) is 17.7 Å².